The maximum absolute atomic E-state index is 12.7. The zero-order chi connectivity index (χ0) is 19.1. The number of ether oxygens (including phenoxy) is 1. The van der Waals surface area contributed by atoms with E-state index in [4.69, 9.17) is 13.7 Å². The van der Waals surface area contributed by atoms with Gasteiger partial charge < -0.3 is 13.7 Å². The number of rotatable bonds is 4. The Morgan fingerprint density at radius 1 is 1.11 bits per heavy atom. The van der Waals surface area contributed by atoms with E-state index < -0.39 is 0 Å². The Hall–Kier alpha value is -3.42. The molecule has 0 saturated carbocycles. The Balaban J connectivity index is 1.71. The summed E-state index contributed by atoms with van der Waals surface area (Å²) in [5.74, 6) is 2.44. The van der Waals surface area contributed by atoms with Crippen LogP contribution in [0.3, 0.4) is 0 Å². The molecule has 4 aromatic rings. The van der Waals surface area contributed by atoms with Crippen molar-refractivity contribution in [2.75, 3.05) is 7.11 Å². The summed E-state index contributed by atoms with van der Waals surface area (Å²) in [5, 5.41) is 8.91. The second-order valence-corrected chi connectivity index (χ2v) is 6.26. The lowest BCUT2D eigenvalue weighted by Crippen LogP contribution is -2.25. The summed E-state index contributed by atoms with van der Waals surface area (Å²) in [7, 11) is 1.61. The third kappa shape index (κ3) is 2.88. The Labute approximate surface area is 154 Å². The summed E-state index contributed by atoms with van der Waals surface area (Å²) < 4.78 is 17.4. The van der Waals surface area contributed by atoms with E-state index in [1.165, 1.54) is 4.68 Å². The number of methoxy groups -OCH3 is 1. The number of aromatic nitrogens is 4. The van der Waals surface area contributed by atoms with Gasteiger partial charge >= 0.3 is 0 Å². The van der Waals surface area contributed by atoms with Gasteiger partial charge in [0.15, 0.2) is 5.52 Å². The third-order valence-electron chi connectivity index (χ3n) is 4.46. The van der Waals surface area contributed by atoms with Crippen LogP contribution in [0.15, 0.2) is 38.0 Å². The lowest BCUT2D eigenvalue weighted by molar-refractivity contribution is 0.405. The molecule has 0 fully saturated rings. The highest BCUT2D eigenvalue weighted by Gasteiger charge is 2.18. The molecule has 0 amide bonds. The molecule has 8 nitrogen and oxygen atoms in total. The quantitative estimate of drug-likeness (QED) is 0.548. The average molecular weight is 366 g/mol. The van der Waals surface area contributed by atoms with Crippen LogP contribution in [0.5, 0.6) is 5.75 Å². The Morgan fingerprint density at radius 3 is 2.56 bits per heavy atom. The van der Waals surface area contributed by atoms with Crippen molar-refractivity contribution in [3.05, 3.63) is 57.5 Å². The van der Waals surface area contributed by atoms with Gasteiger partial charge in [0.25, 0.3) is 5.56 Å². The van der Waals surface area contributed by atoms with Crippen LogP contribution in [0.2, 0.25) is 0 Å². The first kappa shape index (κ1) is 17.0. The van der Waals surface area contributed by atoms with E-state index in [-0.39, 0.29) is 17.6 Å². The van der Waals surface area contributed by atoms with Crippen LogP contribution in [-0.2, 0) is 6.54 Å². The van der Waals surface area contributed by atoms with Crippen LogP contribution in [0, 0.1) is 20.8 Å². The van der Waals surface area contributed by atoms with E-state index >= 15 is 0 Å². The van der Waals surface area contributed by atoms with Gasteiger partial charge in [-0.25, -0.2) is 9.67 Å². The Bertz CT molecular complexity index is 1190. The molecule has 1 aromatic carbocycles. The molecule has 0 aliphatic carbocycles. The topological polar surface area (TPSA) is 96.2 Å². The summed E-state index contributed by atoms with van der Waals surface area (Å²) in [5.41, 5.74) is 2.09. The minimum Gasteiger partial charge on any atom is -0.497 e. The second-order valence-electron chi connectivity index (χ2n) is 6.26. The molecule has 0 atom stereocenters. The number of fused-ring (bicyclic) bond motifs is 1. The van der Waals surface area contributed by atoms with Crippen molar-refractivity contribution in [2.45, 2.75) is 27.3 Å². The van der Waals surface area contributed by atoms with Gasteiger partial charge in [-0.2, -0.15) is 5.10 Å². The molecule has 0 bridgehead atoms. The first-order valence-electron chi connectivity index (χ1n) is 8.42. The van der Waals surface area contributed by atoms with Gasteiger partial charge in [0, 0.05) is 5.56 Å². The van der Waals surface area contributed by atoms with Gasteiger partial charge in [0.1, 0.15) is 23.0 Å². The van der Waals surface area contributed by atoms with Crippen LogP contribution >= 0.6 is 0 Å². The van der Waals surface area contributed by atoms with Crippen molar-refractivity contribution < 1.29 is 13.7 Å². The van der Waals surface area contributed by atoms with Crippen LogP contribution in [0.1, 0.15) is 22.9 Å². The minimum absolute atomic E-state index is 0.188. The lowest BCUT2D eigenvalue weighted by Gasteiger charge is -2.04. The molecule has 3 heterocycles. The van der Waals surface area contributed by atoms with Crippen LogP contribution in [-0.4, -0.2) is 27.0 Å². The first-order chi connectivity index (χ1) is 13.0. The molecule has 138 valence electrons. The Morgan fingerprint density at radius 2 is 1.85 bits per heavy atom. The molecule has 27 heavy (non-hydrogen) atoms. The molecule has 8 heteroatoms. The normalized spacial score (nSPS) is 11.3. The van der Waals surface area contributed by atoms with Gasteiger partial charge in [-0.15, -0.1) is 0 Å². The lowest BCUT2D eigenvalue weighted by atomic mass is 10.2. The molecule has 0 unspecified atom stereocenters. The number of hydrogen-bond acceptors (Lipinski definition) is 7. The van der Waals surface area contributed by atoms with Crippen molar-refractivity contribution in [3.63, 3.8) is 0 Å². The molecular formula is C19H18N4O4. The maximum Gasteiger partial charge on any atom is 0.297 e. The minimum atomic E-state index is -0.319. The van der Waals surface area contributed by atoms with Gasteiger partial charge in [-0.3, -0.25) is 4.79 Å². The van der Waals surface area contributed by atoms with Crippen LogP contribution < -0.4 is 10.3 Å². The number of hydrogen-bond donors (Lipinski definition) is 0. The predicted molar refractivity (Wildman–Crippen MR) is 97.9 cm³/mol. The summed E-state index contributed by atoms with van der Waals surface area (Å²) in [6.07, 6.45) is 0. The van der Waals surface area contributed by atoms with E-state index in [1.807, 2.05) is 38.1 Å². The highest BCUT2D eigenvalue weighted by molar-refractivity contribution is 5.81. The van der Waals surface area contributed by atoms with E-state index in [0.29, 0.717) is 34.2 Å². The molecule has 0 N–H and O–H groups in total. The number of nitrogens with zero attached hydrogens (tertiary/aromatic N) is 4. The van der Waals surface area contributed by atoms with E-state index in [2.05, 4.69) is 15.2 Å². The smallest absolute Gasteiger partial charge is 0.297 e. The second kappa shape index (κ2) is 6.39. The number of aryl methyl sites for hydroxylation is 3. The summed E-state index contributed by atoms with van der Waals surface area (Å²) in [6.45, 7) is 5.58. The largest absolute Gasteiger partial charge is 0.497 e. The molecule has 3 aromatic heterocycles. The molecule has 4 rings (SSSR count). The predicted octanol–water partition coefficient (Wildman–Crippen LogP) is 3.02. The number of benzene rings is 1. The van der Waals surface area contributed by atoms with Crippen molar-refractivity contribution in [1.82, 2.24) is 19.9 Å². The Kier molecular flexibility index (Phi) is 4.02. The van der Waals surface area contributed by atoms with E-state index in [1.54, 1.807) is 14.0 Å². The van der Waals surface area contributed by atoms with Crippen molar-refractivity contribution >= 4 is 10.9 Å². The first-order valence-corrected chi connectivity index (χ1v) is 8.42. The van der Waals surface area contributed by atoms with E-state index in [9.17, 15) is 4.79 Å². The third-order valence-corrected chi connectivity index (χ3v) is 4.46. The van der Waals surface area contributed by atoms with Gasteiger partial charge in [0.05, 0.1) is 24.7 Å². The molecule has 0 spiro atoms. The molecular weight excluding hydrogens is 348 g/mol. The fourth-order valence-electron chi connectivity index (χ4n) is 3.02. The SMILES string of the molecule is COc1ccc(-c2nc(Cn3nc(C)c4c(C)onc4c3=O)c(C)o2)cc1. The molecule has 0 radical (unpaired) electrons. The monoisotopic (exact) mass is 366 g/mol. The highest BCUT2D eigenvalue weighted by Crippen LogP contribution is 2.24. The fourth-order valence-corrected chi connectivity index (χ4v) is 3.02. The van der Waals surface area contributed by atoms with Crippen molar-refractivity contribution in [3.8, 4) is 17.2 Å². The zero-order valence-corrected chi connectivity index (χ0v) is 15.4. The molecule has 0 saturated heterocycles. The zero-order valence-electron chi connectivity index (χ0n) is 15.4. The molecule has 0 aliphatic rings. The van der Waals surface area contributed by atoms with Gasteiger partial charge in [-0.05, 0) is 45.0 Å². The highest BCUT2D eigenvalue weighted by atomic mass is 16.5. The standard InChI is InChI=1S/C19H18N4O4/c1-10-16-12(3)27-22-17(16)19(24)23(21-10)9-15-11(2)26-18(20-15)13-5-7-14(25-4)8-6-13/h5-8H,9H2,1-4H3. The number of oxazole rings is 1. The van der Waals surface area contributed by atoms with Crippen molar-refractivity contribution in [2.24, 2.45) is 0 Å². The average Bonchev–Trinajstić information content (AvgIpc) is 3.23. The summed E-state index contributed by atoms with van der Waals surface area (Å²) in [4.78, 5) is 17.2. The fraction of sp³-hybridized carbons (Fsp3) is 0.263. The van der Waals surface area contributed by atoms with E-state index in [0.717, 1.165) is 11.3 Å². The molecule has 0 aliphatic heterocycles. The summed E-state index contributed by atoms with van der Waals surface area (Å²) >= 11 is 0. The summed E-state index contributed by atoms with van der Waals surface area (Å²) in [6, 6.07) is 7.41. The van der Waals surface area contributed by atoms with Crippen LogP contribution in [0.4, 0.5) is 0 Å². The van der Waals surface area contributed by atoms with Gasteiger partial charge in [-0.1, -0.05) is 5.16 Å². The van der Waals surface area contributed by atoms with Crippen LogP contribution in [0.25, 0.3) is 22.4 Å². The van der Waals surface area contributed by atoms with Gasteiger partial charge in [0.2, 0.25) is 5.89 Å². The van der Waals surface area contributed by atoms with Crippen molar-refractivity contribution in [1.29, 1.82) is 0 Å². The maximum atomic E-state index is 12.7.